The average Bonchev–Trinajstić information content (AvgIpc) is 2.96. The summed E-state index contributed by atoms with van der Waals surface area (Å²) in [5.74, 6) is -0.314. The standard InChI is InChI=1S/C16H22N2O3/c1-2-12-8-10-18(11-12)16(21)17-9-7-13-5-3-4-6-14(13)15(19)20/h3-6,12H,2,7-11H2,1H3,(H,17,21)(H,19,20). The van der Waals surface area contributed by atoms with Crippen molar-refractivity contribution in [1.82, 2.24) is 10.2 Å². The van der Waals surface area contributed by atoms with Crippen LogP contribution in [-0.4, -0.2) is 41.6 Å². The first-order valence-electron chi connectivity index (χ1n) is 7.45. The van der Waals surface area contributed by atoms with Crippen LogP contribution >= 0.6 is 0 Å². The Hall–Kier alpha value is -2.04. The highest BCUT2D eigenvalue weighted by atomic mass is 16.4. The molecule has 114 valence electrons. The van der Waals surface area contributed by atoms with E-state index < -0.39 is 5.97 Å². The lowest BCUT2D eigenvalue weighted by Crippen LogP contribution is -2.39. The topological polar surface area (TPSA) is 69.6 Å². The third-order valence-electron chi connectivity index (χ3n) is 4.07. The molecule has 5 nitrogen and oxygen atoms in total. The second-order valence-corrected chi connectivity index (χ2v) is 5.45. The number of urea groups is 1. The van der Waals surface area contributed by atoms with Gasteiger partial charge in [0.25, 0.3) is 0 Å². The smallest absolute Gasteiger partial charge is 0.335 e. The van der Waals surface area contributed by atoms with Crippen molar-refractivity contribution in [3.8, 4) is 0 Å². The van der Waals surface area contributed by atoms with E-state index in [4.69, 9.17) is 5.11 Å². The third-order valence-corrected chi connectivity index (χ3v) is 4.07. The molecule has 2 amide bonds. The van der Waals surface area contributed by atoms with Crippen molar-refractivity contribution in [3.63, 3.8) is 0 Å². The minimum absolute atomic E-state index is 0.0428. The van der Waals surface area contributed by atoms with E-state index in [0.29, 0.717) is 24.4 Å². The number of hydrogen-bond donors (Lipinski definition) is 2. The number of benzene rings is 1. The number of hydrogen-bond acceptors (Lipinski definition) is 2. The highest BCUT2D eigenvalue weighted by molar-refractivity contribution is 5.89. The Labute approximate surface area is 125 Å². The Balaban J connectivity index is 1.82. The summed E-state index contributed by atoms with van der Waals surface area (Å²) in [7, 11) is 0. The highest BCUT2D eigenvalue weighted by Crippen LogP contribution is 2.18. The number of nitrogens with one attached hydrogen (secondary N) is 1. The van der Waals surface area contributed by atoms with Gasteiger partial charge in [-0.1, -0.05) is 31.5 Å². The molecule has 1 atom stereocenters. The first-order valence-corrected chi connectivity index (χ1v) is 7.45. The molecule has 21 heavy (non-hydrogen) atoms. The second kappa shape index (κ2) is 7.11. The maximum atomic E-state index is 12.0. The molecule has 1 aliphatic rings. The van der Waals surface area contributed by atoms with E-state index in [9.17, 15) is 9.59 Å². The Morgan fingerprint density at radius 1 is 1.38 bits per heavy atom. The van der Waals surface area contributed by atoms with Gasteiger partial charge in [0.05, 0.1) is 5.56 Å². The van der Waals surface area contributed by atoms with Crippen molar-refractivity contribution in [3.05, 3.63) is 35.4 Å². The summed E-state index contributed by atoms with van der Waals surface area (Å²) in [5, 5.41) is 12.0. The van der Waals surface area contributed by atoms with Crippen LogP contribution in [-0.2, 0) is 6.42 Å². The third kappa shape index (κ3) is 3.97. The van der Waals surface area contributed by atoms with E-state index in [1.165, 1.54) is 0 Å². The van der Waals surface area contributed by atoms with Crippen LogP contribution in [0.4, 0.5) is 4.79 Å². The predicted molar refractivity (Wildman–Crippen MR) is 80.5 cm³/mol. The van der Waals surface area contributed by atoms with E-state index in [1.54, 1.807) is 18.2 Å². The van der Waals surface area contributed by atoms with Gasteiger partial charge in [0, 0.05) is 19.6 Å². The first kappa shape index (κ1) is 15.4. The van der Waals surface area contributed by atoms with Crippen molar-refractivity contribution in [2.75, 3.05) is 19.6 Å². The summed E-state index contributed by atoms with van der Waals surface area (Å²) in [6.07, 6.45) is 2.71. The molecule has 1 unspecified atom stereocenters. The number of aromatic carboxylic acids is 1. The number of likely N-dealkylation sites (tertiary alicyclic amines) is 1. The molecule has 1 heterocycles. The Morgan fingerprint density at radius 3 is 2.81 bits per heavy atom. The number of carboxylic acids is 1. The quantitative estimate of drug-likeness (QED) is 0.874. The lowest BCUT2D eigenvalue weighted by Gasteiger charge is -2.17. The lowest BCUT2D eigenvalue weighted by molar-refractivity contribution is 0.0695. The minimum Gasteiger partial charge on any atom is -0.478 e. The molecule has 0 aromatic heterocycles. The Morgan fingerprint density at radius 2 is 2.14 bits per heavy atom. The zero-order valence-corrected chi connectivity index (χ0v) is 12.3. The molecule has 1 aromatic rings. The van der Waals surface area contributed by atoms with E-state index >= 15 is 0 Å². The minimum atomic E-state index is -0.928. The summed E-state index contributed by atoms with van der Waals surface area (Å²) in [4.78, 5) is 25.0. The Bertz CT molecular complexity index is 516. The van der Waals surface area contributed by atoms with E-state index in [0.717, 1.165) is 31.5 Å². The van der Waals surface area contributed by atoms with Gasteiger partial charge < -0.3 is 15.3 Å². The summed E-state index contributed by atoms with van der Waals surface area (Å²) in [6.45, 7) is 4.25. The molecule has 1 aliphatic heterocycles. The van der Waals surface area contributed by atoms with Crippen LogP contribution in [0.25, 0.3) is 0 Å². The van der Waals surface area contributed by atoms with Gasteiger partial charge in [-0.2, -0.15) is 0 Å². The Kier molecular flexibility index (Phi) is 5.20. The summed E-state index contributed by atoms with van der Waals surface area (Å²) in [6, 6.07) is 6.86. The first-order chi connectivity index (χ1) is 10.1. The molecule has 1 aromatic carbocycles. The maximum Gasteiger partial charge on any atom is 0.335 e. The number of amides is 2. The van der Waals surface area contributed by atoms with Gasteiger partial charge in [-0.15, -0.1) is 0 Å². The van der Waals surface area contributed by atoms with Gasteiger partial charge in [0.1, 0.15) is 0 Å². The van der Waals surface area contributed by atoms with Crippen molar-refractivity contribution in [2.24, 2.45) is 5.92 Å². The zero-order chi connectivity index (χ0) is 15.2. The number of carbonyl (C=O) groups excluding carboxylic acids is 1. The van der Waals surface area contributed by atoms with Crippen molar-refractivity contribution < 1.29 is 14.7 Å². The van der Waals surface area contributed by atoms with Gasteiger partial charge in [-0.25, -0.2) is 9.59 Å². The second-order valence-electron chi connectivity index (χ2n) is 5.45. The zero-order valence-electron chi connectivity index (χ0n) is 12.3. The molecule has 2 rings (SSSR count). The number of carbonyl (C=O) groups is 2. The van der Waals surface area contributed by atoms with E-state index in [1.807, 2.05) is 11.0 Å². The fourth-order valence-corrected chi connectivity index (χ4v) is 2.71. The van der Waals surface area contributed by atoms with Gasteiger partial charge >= 0.3 is 12.0 Å². The van der Waals surface area contributed by atoms with Crippen LogP contribution < -0.4 is 5.32 Å². The molecule has 5 heteroatoms. The molecule has 0 spiro atoms. The van der Waals surface area contributed by atoms with E-state index in [-0.39, 0.29) is 6.03 Å². The highest BCUT2D eigenvalue weighted by Gasteiger charge is 2.24. The molecule has 1 fully saturated rings. The van der Waals surface area contributed by atoms with Crippen molar-refractivity contribution in [2.45, 2.75) is 26.2 Å². The number of nitrogens with zero attached hydrogens (tertiary/aromatic N) is 1. The molecular formula is C16H22N2O3. The molecule has 0 radical (unpaired) electrons. The fourth-order valence-electron chi connectivity index (χ4n) is 2.71. The lowest BCUT2D eigenvalue weighted by atomic mass is 10.0. The van der Waals surface area contributed by atoms with Crippen LogP contribution in [0.1, 0.15) is 35.7 Å². The normalized spacial score (nSPS) is 17.8. The summed E-state index contributed by atoms with van der Waals surface area (Å²) < 4.78 is 0. The molecular weight excluding hydrogens is 268 g/mol. The van der Waals surface area contributed by atoms with Crippen LogP contribution in [0.15, 0.2) is 24.3 Å². The van der Waals surface area contributed by atoms with Crippen molar-refractivity contribution >= 4 is 12.0 Å². The molecule has 0 bridgehead atoms. The van der Waals surface area contributed by atoms with Gasteiger partial charge in [-0.3, -0.25) is 0 Å². The number of rotatable bonds is 5. The molecule has 0 saturated carbocycles. The molecule has 0 aliphatic carbocycles. The van der Waals surface area contributed by atoms with Crippen LogP contribution in [0, 0.1) is 5.92 Å². The van der Waals surface area contributed by atoms with Crippen molar-refractivity contribution in [1.29, 1.82) is 0 Å². The molecule has 2 N–H and O–H groups in total. The van der Waals surface area contributed by atoms with E-state index in [2.05, 4.69) is 12.2 Å². The van der Waals surface area contributed by atoms with Crippen LogP contribution in [0.3, 0.4) is 0 Å². The van der Waals surface area contributed by atoms with Crippen LogP contribution in [0.5, 0.6) is 0 Å². The fraction of sp³-hybridized carbons (Fsp3) is 0.500. The summed E-state index contributed by atoms with van der Waals surface area (Å²) in [5.41, 5.74) is 1.05. The van der Waals surface area contributed by atoms with Gasteiger partial charge in [-0.05, 0) is 30.4 Å². The maximum absolute atomic E-state index is 12.0. The van der Waals surface area contributed by atoms with Gasteiger partial charge in [0.2, 0.25) is 0 Å². The van der Waals surface area contributed by atoms with Gasteiger partial charge in [0.15, 0.2) is 0 Å². The van der Waals surface area contributed by atoms with Crippen LogP contribution in [0.2, 0.25) is 0 Å². The predicted octanol–water partition coefficient (Wildman–Crippen LogP) is 2.37. The summed E-state index contributed by atoms with van der Waals surface area (Å²) >= 11 is 0. The monoisotopic (exact) mass is 290 g/mol. The SMILES string of the molecule is CCC1CCN(C(=O)NCCc2ccccc2C(=O)O)C1. The average molecular weight is 290 g/mol. The molecule has 1 saturated heterocycles. The largest absolute Gasteiger partial charge is 0.478 e. The number of carboxylic acid groups (broad SMARTS) is 1.